The lowest BCUT2D eigenvalue weighted by atomic mass is 10.1. The van der Waals surface area contributed by atoms with Gasteiger partial charge in [0, 0.05) is 30.3 Å². The number of nitrogens with zero attached hydrogens (tertiary/aromatic N) is 4. The Morgan fingerprint density at radius 1 is 1.35 bits per heavy atom. The van der Waals surface area contributed by atoms with Crippen molar-refractivity contribution in [2.45, 2.75) is 25.3 Å². The van der Waals surface area contributed by atoms with Gasteiger partial charge in [0.15, 0.2) is 5.65 Å². The minimum atomic E-state index is 0.478. The van der Waals surface area contributed by atoms with Gasteiger partial charge in [-0.15, -0.1) is 0 Å². The number of nitrogen functional groups attached to an aromatic ring is 1. The fourth-order valence-corrected chi connectivity index (χ4v) is 2.73. The number of rotatable bonds is 4. The molecule has 0 unspecified atom stereocenters. The van der Waals surface area contributed by atoms with E-state index in [1.807, 2.05) is 22.7 Å². The molecule has 1 saturated carbocycles. The van der Waals surface area contributed by atoms with Gasteiger partial charge in [0.1, 0.15) is 11.9 Å². The zero-order valence-electron chi connectivity index (χ0n) is 12.5. The first-order valence-electron chi connectivity index (χ1n) is 7.60. The van der Waals surface area contributed by atoms with Crippen LogP contribution in [0.15, 0.2) is 36.8 Å². The summed E-state index contributed by atoms with van der Waals surface area (Å²) in [7, 11) is 0. The molecular weight excluding hydrogens is 288 g/mol. The molecule has 1 aliphatic carbocycles. The predicted octanol–water partition coefficient (Wildman–Crippen LogP) is 2.67. The van der Waals surface area contributed by atoms with Gasteiger partial charge in [-0.2, -0.15) is 5.26 Å². The average molecular weight is 304 g/mol. The van der Waals surface area contributed by atoms with Crippen LogP contribution in [0.3, 0.4) is 0 Å². The van der Waals surface area contributed by atoms with Gasteiger partial charge >= 0.3 is 0 Å². The maximum Gasteiger partial charge on any atom is 0.155 e. The lowest BCUT2D eigenvalue weighted by Gasteiger charge is -2.03. The van der Waals surface area contributed by atoms with Crippen LogP contribution in [0.25, 0.3) is 5.65 Å². The summed E-state index contributed by atoms with van der Waals surface area (Å²) in [4.78, 5) is 8.54. The van der Waals surface area contributed by atoms with Crippen molar-refractivity contribution < 1.29 is 0 Å². The number of imidazole rings is 1. The molecule has 4 rings (SSSR count). The lowest BCUT2D eigenvalue weighted by molar-refractivity contribution is 1.05. The molecule has 3 N–H and O–H groups in total. The Balaban J connectivity index is 1.62. The Bertz CT molecular complexity index is 916. The largest absolute Gasteiger partial charge is 0.384 e. The molecule has 6 heteroatoms. The van der Waals surface area contributed by atoms with Gasteiger partial charge in [-0.25, -0.2) is 9.97 Å². The number of fused-ring (bicyclic) bond motifs is 1. The van der Waals surface area contributed by atoms with Gasteiger partial charge in [-0.05, 0) is 36.5 Å². The fraction of sp³-hybridized carbons (Fsp3) is 0.235. The number of aromatic nitrogens is 3. The van der Waals surface area contributed by atoms with E-state index >= 15 is 0 Å². The minimum absolute atomic E-state index is 0.478. The highest BCUT2D eigenvalue weighted by atomic mass is 15.0. The summed E-state index contributed by atoms with van der Waals surface area (Å²) in [5, 5.41) is 12.6. The lowest BCUT2D eigenvalue weighted by Crippen LogP contribution is -2.00. The van der Waals surface area contributed by atoms with E-state index in [4.69, 9.17) is 5.73 Å². The van der Waals surface area contributed by atoms with Gasteiger partial charge in [0.25, 0.3) is 0 Å². The number of nitrogens with two attached hydrogens (primary N) is 1. The molecule has 23 heavy (non-hydrogen) atoms. The molecule has 3 heterocycles. The van der Waals surface area contributed by atoms with E-state index in [0.717, 1.165) is 11.4 Å². The molecule has 0 radical (unpaired) electrons. The van der Waals surface area contributed by atoms with Gasteiger partial charge in [-0.1, -0.05) is 0 Å². The Labute approximate surface area is 133 Å². The van der Waals surface area contributed by atoms with Crippen molar-refractivity contribution in [2.75, 3.05) is 11.1 Å². The van der Waals surface area contributed by atoms with Gasteiger partial charge in [0.05, 0.1) is 17.8 Å². The van der Waals surface area contributed by atoms with E-state index in [0.29, 0.717) is 29.5 Å². The highest BCUT2D eigenvalue weighted by molar-refractivity contribution is 5.58. The molecule has 0 aliphatic heterocycles. The maximum atomic E-state index is 9.37. The molecule has 0 saturated heterocycles. The predicted molar refractivity (Wildman–Crippen MR) is 87.9 cm³/mol. The first kappa shape index (κ1) is 13.6. The average Bonchev–Trinajstić information content (AvgIpc) is 3.32. The van der Waals surface area contributed by atoms with Crippen molar-refractivity contribution in [3.05, 3.63) is 53.6 Å². The van der Waals surface area contributed by atoms with Crippen molar-refractivity contribution >= 4 is 17.2 Å². The van der Waals surface area contributed by atoms with Crippen LogP contribution in [0, 0.1) is 11.3 Å². The highest BCUT2D eigenvalue weighted by Crippen LogP contribution is 2.40. The third kappa shape index (κ3) is 2.69. The summed E-state index contributed by atoms with van der Waals surface area (Å²) in [5.41, 5.74) is 10.0. The van der Waals surface area contributed by atoms with Gasteiger partial charge in [0.2, 0.25) is 0 Å². The zero-order valence-corrected chi connectivity index (χ0v) is 12.5. The summed E-state index contributed by atoms with van der Waals surface area (Å²) in [6.45, 7) is 0.564. The van der Waals surface area contributed by atoms with Crippen LogP contribution < -0.4 is 11.1 Å². The Kier molecular flexibility index (Phi) is 3.12. The molecule has 0 bridgehead atoms. The second-order valence-corrected chi connectivity index (χ2v) is 5.86. The molecule has 0 amide bonds. The molecular formula is C17H16N6. The van der Waals surface area contributed by atoms with E-state index in [9.17, 15) is 5.26 Å². The quantitative estimate of drug-likeness (QED) is 0.773. The topological polar surface area (TPSA) is 92.0 Å². The van der Waals surface area contributed by atoms with Crippen LogP contribution >= 0.6 is 0 Å². The first-order chi connectivity index (χ1) is 11.2. The Morgan fingerprint density at radius 3 is 2.96 bits per heavy atom. The van der Waals surface area contributed by atoms with Crippen LogP contribution in [0.4, 0.5) is 11.5 Å². The molecule has 6 nitrogen and oxygen atoms in total. The molecule has 114 valence electrons. The van der Waals surface area contributed by atoms with Crippen molar-refractivity contribution in [2.24, 2.45) is 0 Å². The van der Waals surface area contributed by atoms with Crippen molar-refractivity contribution in [1.29, 1.82) is 5.26 Å². The summed E-state index contributed by atoms with van der Waals surface area (Å²) in [6.07, 6.45) is 8.15. The van der Waals surface area contributed by atoms with E-state index < -0.39 is 0 Å². The molecule has 1 fully saturated rings. The van der Waals surface area contributed by atoms with Crippen LogP contribution in [0.1, 0.15) is 35.6 Å². The van der Waals surface area contributed by atoms with Crippen molar-refractivity contribution in [3.63, 3.8) is 0 Å². The number of pyridine rings is 2. The zero-order chi connectivity index (χ0) is 15.8. The van der Waals surface area contributed by atoms with Gasteiger partial charge < -0.3 is 15.5 Å². The standard InChI is InChI=1S/C17H16N6/c18-7-12-5-13(11-1-2-11)9-23-10-15(22-17(12)23)8-21-14-3-4-20-16(19)6-14/h3-6,9-11H,1-2,8H2,(H3,19,20,21). The molecule has 1 aliphatic rings. The second kappa shape index (κ2) is 5.29. The second-order valence-electron chi connectivity index (χ2n) is 5.86. The molecule has 3 aromatic rings. The van der Waals surface area contributed by atoms with Crippen molar-refractivity contribution in [3.8, 4) is 6.07 Å². The smallest absolute Gasteiger partial charge is 0.155 e. The number of nitrogens with one attached hydrogen (secondary N) is 1. The normalized spacial score (nSPS) is 13.9. The summed E-state index contributed by atoms with van der Waals surface area (Å²) < 4.78 is 1.96. The monoisotopic (exact) mass is 304 g/mol. The summed E-state index contributed by atoms with van der Waals surface area (Å²) in [5.74, 6) is 1.08. The Hall–Kier alpha value is -3.07. The number of hydrogen-bond donors (Lipinski definition) is 2. The summed E-state index contributed by atoms with van der Waals surface area (Å²) >= 11 is 0. The van der Waals surface area contributed by atoms with Crippen LogP contribution in [-0.2, 0) is 6.54 Å². The number of nitriles is 1. The van der Waals surface area contributed by atoms with Crippen LogP contribution in [0.2, 0.25) is 0 Å². The van der Waals surface area contributed by atoms with E-state index in [2.05, 4.69) is 27.6 Å². The third-order valence-corrected chi connectivity index (χ3v) is 4.05. The molecule has 0 spiro atoms. The van der Waals surface area contributed by atoms with Gasteiger partial charge in [-0.3, -0.25) is 0 Å². The number of anilines is 2. The minimum Gasteiger partial charge on any atom is -0.384 e. The van der Waals surface area contributed by atoms with Crippen molar-refractivity contribution in [1.82, 2.24) is 14.4 Å². The highest BCUT2D eigenvalue weighted by Gasteiger charge is 2.25. The van der Waals surface area contributed by atoms with E-state index in [-0.39, 0.29) is 0 Å². The SMILES string of the molecule is N#Cc1cc(C2CC2)cn2cc(CNc3ccnc(N)c3)nc12. The maximum absolute atomic E-state index is 9.37. The van der Waals surface area contributed by atoms with E-state index in [1.54, 1.807) is 12.3 Å². The molecule has 0 atom stereocenters. The summed E-state index contributed by atoms with van der Waals surface area (Å²) in [6, 6.07) is 7.87. The fourth-order valence-electron chi connectivity index (χ4n) is 2.73. The Morgan fingerprint density at radius 2 is 2.22 bits per heavy atom. The van der Waals surface area contributed by atoms with E-state index in [1.165, 1.54) is 18.4 Å². The third-order valence-electron chi connectivity index (χ3n) is 4.05. The first-order valence-corrected chi connectivity index (χ1v) is 7.60. The van der Waals surface area contributed by atoms with Crippen LogP contribution in [-0.4, -0.2) is 14.4 Å². The molecule has 0 aromatic carbocycles. The number of hydrogen-bond acceptors (Lipinski definition) is 5. The molecule has 3 aromatic heterocycles. The van der Waals surface area contributed by atoms with Crippen LogP contribution in [0.5, 0.6) is 0 Å².